The molecule has 0 saturated carbocycles. The molecule has 1 saturated heterocycles. The summed E-state index contributed by atoms with van der Waals surface area (Å²) in [7, 11) is 0. The number of hydroxylamine groups is 2. The predicted octanol–water partition coefficient (Wildman–Crippen LogP) is 8.73. The zero-order chi connectivity index (χ0) is 41.2. The lowest BCUT2D eigenvalue weighted by molar-refractivity contribution is -0.300. The SMILES string of the molecule is C#CC#CC#CC#CC#CC#CC#CC#CC#CC(=O)OC1CC(C)(C)N(OCC(C)OC(=O)CCCCCCCCCCCCCCCCCC)C(C)(C)C1. The number of esters is 2. The van der Waals surface area contributed by atoms with Crippen molar-refractivity contribution in [2.24, 2.45) is 0 Å². The van der Waals surface area contributed by atoms with Crippen molar-refractivity contribution in [3.05, 3.63) is 0 Å². The van der Waals surface area contributed by atoms with Crippen molar-refractivity contribution in [3.8, 4) is 107 Å². The number of nitrogens with zero attached hydrogens (tertiary/aromatic N) is 1. The number of hydrogen-bond donors (Lipinski definition) is 0. The molecule has 0 aromatic heterocycles. The van der Waals surface area contributed by atoms with Gasteiger partial charge in [-0.1, -0.05) is 103 Å². The minimum Gasteiger partial charge on any atom is -0.460 e. The van der Waals surface area contributed by atoms with Gasteiger partial charge >= 0.3 is 11.9 Å². The van der Waals surface area contributed by atoms with Gasteiger partial charge in [-0.2, -0.15) is 5.06 Å². The van der Waals surface area contributed by atoms with Gasteiger partial charge in [-0.15, -0.1) is 6.42 Å². The molecule has 0 radical (unpaired) electrons. The van der Waals surface area contributed by atoms with Crippen molar-refractivity contribution in [2.75, 3.05) is 6.61 Å². The highest BCUT2D eigenvalue weighted by molar-refractivity contribution is 5.89. The first-order chi connectivity index (χ1) is 27.0. The maximum absolute atomic E-state index is 12.5. The molecular weight excluding hydrogens is 695 g/mol. The number of ether oxygens (including phenoxy) is 2. The second-order valence-electron chi connectivity index (χ2n) is 15.1. The molecule has 1 fully saturated rings. The fourth-order valence-corrected chi connectivity index (χ4v) is 6.62. The third-order valence-corrected chi connectivity index (χ3v) is 8.94. The lowest BCUT2D eigenvalue weighted by atomic mass is 9.80. The van der Waals surface area contributed by atoms with Gasteiger partial charge in [0.15, 0.2) is 0 Å². The van der Waals surface area contributed by atoms with E-state index in [0.717, 1.165) is 12.8 Å². The maximum atomic E-state index is 12.5. The van der Waals surface area contributed by atoms with Gasteiger partial charge in [0.25, 0.3) is 0 Å². The minimum absolute atomic E-state index is 0.179. The molecular formula is C50H61NO5. The quantitative estimate of drug-likeness (QED) is 0.0477. The fraction of sp³-hybridized carbons (Fsp3) is 0.600. The van der Waals surface area contributed by atoms with E-state index in [1.54, 1.807) is 0 Å². The second kappa shape index (κ2) is 31.1. The Morgan fingerprint density at radius 1 is 0.607 bits per heavy atom. The number of terminal acetylenes is 1. The summed E-state index contributed by atoms with van der Waals surface area (Å²) in [5, 5.41) is 1.94. The molecule has 0 amide bonds. The number of carbonyl (C=O) groups is 2. The Balaban J connectivity index is 2.32. The van der Waals surface area contributed by atoms with E-state index in [-0.39, 0.29) is 24.8 Å². The third kappa shape index (κ3) is 25.8. The Kier molecular flexibility index (Phi) is 27.2. The van der Waals surface area contributed by atoms with Crippen LogP contribution in [0.1, 0.15) is 164 Å². The van der Waals surface area contributed by atoms with E-state index in [9.17, 15) is 9.59 Å². The Morgan fingerprint density at radius 3 is 1.39 bits per heavy atom. The van der Waals surface area contributed by atoms with Gasteiger partial charge in [-0.25, -0.2) is 4.79 Å². The van der Waals surface area contributed by atoms with E-state index in [4.69, 9.17) is 20.7 Å². The summed E-state index contributed by atoms with van der Waals surface area (Å²) in [5.41, 5.74) is -0.924. The van der Waals surface area contributed by atoms with E-state index < -0.39 is 17.0 Å². The fourth-order valence-electron chi connectivity index (χ4n) is 6.62. The smallest absolute Gasteiger partial charge is 0.385 e. The molecule has 0 N–H and O–H groups in total. The van der Waals surface area contributed by atoms with Crippen LogP contribution in [-0.4, -0.2) is 46.9 Å². The summed E-state index contributed by atoms with van der Waals surface area (Å²) in [4.78, 5) is 31.2. The molecule has 56 heavy (non-hydrogen) atoms. The first-order valence-corrected chi connectivity index (χ1v) is 20.3. The van der Waals surface area contributed by atoms with Crippen LogP contribution in [-0.2, 0) is 23.9 Å². The maximum Gasteiger partial charge on any atom is 0.385 e. The normalized spacial score (nSPS) is 13.8. The zero-order valence-corrected chi connectivity index (χ0v) is 34.9. The van der Waals surface area contributed by atoms with Crippen molar-refractivity contribution >= 4 is 11.9 Å². The first-order valence-electron chi connectivity index (χ1n) is 20.3. The molecule has 296 valence electrons. The van der Waals surface area contributed by atoms with Gasteiger partial charge in [0.2, 0.25) is 0 Å². The molecule has 1 atom stereocenters. The molecule has 0 aromatic rings. The van der Waals surface area contributed by atoms with Crippen LogP contribution < -0.4 is 0 Å². The average Bonchev–Trinajstić information content (AvgIpc) is 3.13. The Morgan fingerprint density at radius 2 is 0.982 bits per heavy atom. The second-order valence-corrected chi connectivity index (χ2v) is 15.1. The van der Waals surface area contributed by atoms with Crippen molar-refractivity contribution < 1.29 is 23.9 Å². The average molecular weight is 756 g/mol. The molecule has 1 aliphatic rings. The van der Waals surface area contributed by atoms with Crippen LogP contribution in [0.5, 0.6) is 0 Å². The van der Waals surface area contributed by atoms with Crippen LogP contribution in [0.2, 0.25) is 0 Å². The summed E-state index contributed by atoms with van der Waals surface area (Å²) < 4.78 is 11.3. The summed E-state index contributed by atoms with van der Waals surface area (Å²) >= 11 is 0. The number of piperidine rings is 1. The van der Waals surface area contributed by atoms with Gasteiger partial charge in [0, 0.05) is 36.3 Å². The van der Waals surface area contributed by atoms with E-state index in [1.807, 2.05) is 39.7 Å². The molecule has 1 heterocycles. The predicted molar refractivity (Wildman–Crippen MR) is 226 cm³/mol. The van der Waals surface area contributed by atoms with Gasteiger partial charge < -0.3 is 9.47 Å². The van der Waals surface area contributed by atoms with Crippen molar-refractivity contribution in [1.29, 1.82) is 0 Å². The Bertz CT molecular complexity index is 1770. The van der Waals surface area contributed by atoms with Crippen LogP contribution in [0.4, 0.5) is 0 Å². The van der Waals surface area contributed by atoms with Gasteiger partial charge in [-0.05, 0) is 136 Å². The zero-order valence-electron chi connectivity index (χ0n) is 34.9. The van der Waals surface area contributed by atoms with Crippen LogP contribution in [0.3, 0.4) is 0 Å². The minimum atomic E-state index is -0.660. The van der Waals surface area contributed by atoms with Crippen molar-refractivity contribution in [3.63, 3.8) is 0 Å². The van der Waals surface area contributed by atoms with Crippen LogP contribution in [0.25, 0.3) is 0 Å². The molecule has 1 aliphatic heterocycles. The standard InChI is InChI=1S/C50H61NO5/c1-8-10-12-14-16-18-20-22-24-26-28-30-32-34-36-38-40-47(52)55-45(3)44-54-51-49(4,5)42-46(43-50(51,6)7)56-48(53)41-39-37-35-33-31-29-27-25-23-21-19-17-15-13-11-9-2/h2,45-46H,8,10,12,14,16,18,20,22,24,26,28,30,32,34,36,38,40,42-44H2,1,3-7H3. The summed E-state index contributed by atoms with van der Waals surface area (Å²) in [5.74, 6) is 40.9. The number of carbonyl (C=O) groups excluding carboxylic acids is 2. The van der Waals surface area contributed by atoms with Crippen LogP contribution in [0.15, 0.2) is 0 Å². The first kappa shape index (κ1) is 48.9. The Hall–Kier alpha value is -5.10. The van der Waals surface area contributed by atoms with Gasteiger partial charge in [0.1, 0.15) is 18.8 Å². The van der Waals surface area contributed by atoms with Gasteiger partial charge in [-0.3, -0.25) is 9.63 Å². The van der Waals surface area contributed by atoms with E-state index in [1.165, 1.54) is 89.9 Å². The summed E-state index contributed by atoms with van der Waals surface area (Å²) in [6.07, 6.45) is 26.5. The van der Waals surface area contributed by atoms with Crippen LogP contribution in [0, 0.1) is 107 Å². The molecule has 0 aromatic carbocycles. The van der Waals surface area contributed by atoms with Crippen molar-refractivity contribution in [2.45, 2.75) is 187 Å². The Labute approximate surface area is 340 Å². The molecule has 6 heteroatoms. The number of rotatable bonds is 22. The number of unbranched alkanes of at least 4 members (excludes halogenated alkanes) is 15. The molecule has 0 spiro atoms. The number of hydrogen-bond acceptors (Lipinski definition) is 6. The van der Waals surface area contributed by atoms with Crippen LogP contribution >= 0.6 is 0 Å². The largest absolute Gasteiger partial charge is 0.460 e. The molecule has 1 unspecified atom stereocenters. The highest BCUT2D eigenvalue weighted by Crippen LogP contribution is 2.40. The topological polar surface area (TPSA) is 65.1 Å². The molecule has 1 rings (SSSR count). The van der Waals surface area contributed by atoms with Gasteiger partial charge in [0.05, 0.1) is 0 Å². The van der Waals surface area contributed by atoms with Crippen molar-refractivity contribution in [1.82, 2.24) is 5.06 Å². The van der Waals surface area contributed by atoms with E-state index in [2.05, 4.69) is 108 Å². The monoisotopic (exact) mass is 755 g/mol. The molecule has 0 bridgehead atoms. The van der Waals surface area contributed by atoms with E-state index >= 15 is 0 Å². The summed E-state index contributed by atoms with van der Waals surface area (Å²) in [6, 6.07) is 0. The highest BCUT2D eigenvalue weighted by Gasteiger charge is 2.48. The molecule has 0 aliphatic carbocycles. The summed E-state index contributed by atoms with van der Waals surface area (Å²) in [6.45, 7) is 12.5. The lowest BCUT2D eigenvalue weighted by Crippen LogP contribution is -2.62. The highest BCUT2D eigenvalue weighted by atomic mass is 16.7. The lowest BCUT2D eigenvalue weighted by Gasteiger charge is -2.53. The molecule has 6 nitrogen and oxygen atoms in total. The van der Waals surface area contributed by atoms with E-state index in [0.29, 0.717) is 19.3 Å². The third-order valence-electron chi connectivity index (χ3n) is 8.94.